The number of urea groups is 1. The molecule has 3 amide bonds. The highest BCUT2D eigenvalue weighted by Gasteiger charge is 2.39. The van der Waals surface area contributed by atoms with Gasteiger partial charge in [0.25, 0.3) is 0 Å². The molecule has 2 heterocycles. The molecule has 6 rings (SSSR count). The summed E-state index contributed by atoms with van der Waals surface area (Å²) < 4.78 is 0. The van der Waals surface area contributed by atoms with E-state index in [9.17, 15) is 9.59 Å². The number of piperidine rings is 1. The molecule has 1 saturated heterocycles. The van der Waals surface area contributed by atoms with Gasteiger partial charge < -0.3 is 25.8 Å². The second-order valence-electron chi connectivity index (χ2n) is 11.9. The van der Waals surface area contributed by atoms with E-state index in [1.165, 1.54) is 24.0 Å². The Labute approximate surface area is 236 Å². The van der Waals surface area contributed by atoms with E-state index in [1.54, 1.807) is 0 Å². The lowest BCUT2D eigenvalue weighted by Gasteiger charge is -2.39. The molecule has 3 aliphatic rings. The third kappa shape index (κ3) is 5.39. The zero-order valence-corrected chi connectivity index (χ0v) is 23.4. The Kier molecular flexibility index (Phi) is 7.65. The van der Waals surface area contributed by atoms with Gasteiger partial charge in [0.1, 0.15) is 6.04 Å². The predicted octanol–water partition coefficient (Wildman–Crippen LogP) is 4.74. The van der Waals surface area contributed by atoms with Crippen LogP contribution in [0.15, 0.2) is 60.8 Å². The fourth-order valence-corrected chi connectivity index (χ4v) is 7.06. The minimum atomic E-state index is -0.640. The van der Waals surface area contributed by atoms with Gasteiger partial charge in [-0.3, -0.25) is 4.79 Å². The van der Waals surface area contributed by atoms with Crippen LogP contribution in [0.1, 0.15) is 55.2 Å². The number of carbonyl (C=O) groups excluding carboxylic acids is 2. The number of carbonyl (C=O) groups is 2. The maximum absolute atomic E-state index is 13.6. The van der Waals surface area contributed by atoms with Crippen molar-refractivity contribution in [2.24, 2.45) is 5.92 Å². The molecule has 1 aromatic heterocycles. The molecule has 40 heavy (non-hydrogen) atoms. The molecule has 2 aliphatic carbocycles. The molecule has 2 fully saturated rings. The molecular formula is C33H41N5O2. The maximum atomic E-state index is 13.6. The summed E-state index contributed by atoms with van der Waals surface area (Å²) in [6.45, 7) is 1.98. The molecule has 2 aromatic carbocycles. The largest absolute Gasteiger partial charge is 0.361 e. The number of aromatic nitrogens is 1. The van der Waals surface area contributed by atoms with E-state index in [0.29, 0.717) is 38.0 Å². The van der Waals surface area contributed by atoms with Crippen LogP contribution in [0, 0.1) is 5.92 Å². The molecule has 4 N–H and O–H groups in total. The van der Waals surface area contributed by atoms with Crippen LogP contribution in [-0.2, 0) is 16.6 Å². The summed E-state index contributed by atoms with van der Waals surface area (Å²) in [4.78, 5) is 32.3. The van der Waals surface area contributed by atoms with Crippen molar-refractivity contribution in [1.29, 1.82) is 0 Å². The Morgan fingerprint density at radius 1 is 1.07 bits per heavy atom. The molecule has 1 spiro atoms. The summed E-state index contributed by atoms with van der Waals surface area (Å²) in [6, 6.07) is 16.4. The number of hydrogen-bond donors (Lipinski definition) is 4. The number of benzene rings is 2. The predicted molar refractivity (Wildman–Crippen MR) is 160 cm³/mol. The van der Waals surface area contributed by atoms with E-state index in [1.807, 2.05) is 36.3 Å². The minimum Gasteiger partial charge on any atom is -0.361 e. The van der Waals surface area contributed by atoms with Gasteiger partial charge in [-0.1, -0.05) is 61.0 Å². The molecule has 7 heteroatoms. The van der Waals surface area contributed by atoms with Crippen LogP contribution < -0.4 is 16.0 Å². The van der Waals surface area contributed by atoms with Crippen LogP contribution >= 0.6 is 0 Å². The van der Waals surface area contributed by atoms with E-state index in [2.05, 4.69) is 63.4 Å². The normalized spacial score (nSPS) is 22.3. The van der Waals surface area contributed by atoms with Crippen molar-refractivity contribution in [2.45, 2.75) is 62.4 Å². The fourth-order valence-electron chi connectivity index (χ4n) is 7.06. The van der Waals surface area contributed by atoms with Gasteiger partial charge in [-0.05, 0) is 67.8 Å². The van der Waals surface area contributed by atoms with Crippen molar-refractivity contribution in [1.82, 2.24) is 25.8 Å². The fraction of sp³-hybridized carbons (Fsp3) is 0.455. The number of nitrogens with one attached hydrogen (secondary N) is 4. The van der Waals surface area contributed by atoms with Crippen molar-refractivity contribution in [2.75, 3.05) is 26.7 Å². The lowest BCUT2D eigenvalue weighted by atomic mass is 9.74. The van der Waals surface area contributed by atoms with Gasteiger partial charge in [0.15, 0.2) is 0 Å². The average molecular weight is 540 g/mol. The number of likely N-dealkylation sites (tertiary alicyclic amines) is 1. The molecule has 7 nitrogen and oxygen atoms in total. The smallest absolute Gasteiger partial charge is 0.318 e. The number of amides is 3. The SMILES string of the molecule is CN[C@H]1CCC[C@@H](CNC(=O)[C@@H](Cc2c[nH]c3ccccc23)NC(=O)N2CCC3(C=Cc4ccccc43)CC2)C1. The van der Waals surface area contributed by atoms with Gasteiger partial charge in [0.2, 0.25) is 5.91 Å². The lowest BCUT2D eigenvalue weighted by Crippen LogP contribution is -2.55. The molecule has 0 bridgehead atoms. The molecule has 1 aliphatic heterocycles. The first kappa shape index (κ1) is 26.6. The number of aromatic amines is 1. The third-order valence-corrected chi connectivity index (χ3v) is 9.49. The van der Waals surface area contributed by atoms with Crippen LogP contribution in [-0.4, -0.2) is 60.6 Å². The number of H-pyrrole nitrogens is 1. The molecule has 3 atom stereocenters. The van der Waals surface area contributed by atoms with Gasteiger partial charge in [0, 0.05) is 54.6 Å². The van der Waals surface area contributed by atoms with E-state index < -0.39 is 6.04 Å². The summed E-state index contributed by atoms with van der Waals surface area (Å²) in [6.07, 6.45) is 13.3. The van der Waals surface area contributed by atoms with Crippen LogP contribution in [0.3, 0.4) is 0 Å². The first-order valence-electron chi connectivity index (χ1n) is 14.9. The van der Waals surface area contributed by atoms with E-state index in [4.69, 9.17) is 0 Å². The van der Waals surface area contributed by atoms with Crippen molar-refractivity contribution >= 4 is 28.9 Å². The van der Waals surface area contributed by atoms with Gasteiger partial charge >= 0.3 is 6.03 Å². The van der Waals surface area contributed by atoms with Crippen molar-refractivity contribution in [3.63, 3.8) is 0 Å². The first-order chi connectivity index (χ1) is 19.5. The number of fused-ring (bicyclic) bond motifs is 3. The summed E-state index contributed by atoms with van der Waals surface area (Å²) in [5.41, 5.74) is 4.74. The van der Waals surface area contributed by atoms with Gasteiger partial charge in [0.05, 0.1) is 0 Å². The average Bonchev–Trinajstić information content (AvgIpc) is 3.57. The summed E-state index contributed by atoms with van der Waals surface area (Å²) in [5.74, 6) is 0.353. The molecule has 1 saturated carbocycles. The molecule has 0 radical (unpaired) electrons. The molecule has 0 unspecified atom stereocenters. The quantitative estimate of drug-likeness (QED) is 0.350. The maximum Gasteiger partial charge on any atom is 0.318 e. The van der Waals surface area contributed by atoms with E-state index in [0.717, 1.165) is 42.1 Å². The highest BCUT2D eigenvalue weighted by atomic mass is 16.2. The van der Waals surface area contributed by atoms with E-state index >= 15 is 0 Å². The standard InChI is InChI=1S/C33H41N5O2/c1-34-26-9-6-7-23(19-26)21-36-31(39)30(20-25-22-35-29-12-5-3-10-27(25)29)37-32(40)38-17-15-33(16-18-38)14-13-24-8-2-4-11-28(24)33/h2-5,8,10-14,22-23,26,30,34-35H,6-7,9,15-21H2,1H3,(H,36,39)(H,37,40)/t23-,26+,30-/m1/s1. The van der Waals surface area contributed by atoms with Crippen molar-refractivity contribution in [3.05, 3.63) is 77.5 Å². The first-order valence-corrected chi connectivity index (χ1v) is 14.9. The van der Waals surface area contributed by atoms with Crippen molar-refractivity contribution in [3.8, 4) is 0 Å². The monoisotopic (exact) mass is 539 g/mol. The third-order valence-electron chi connectivity index (χ3n) is 9.49. The summed E-state index contributed by atoms with van der Waals surface area (Å²) in [7, 11) is 2.02. The van der Waals surface area contributed by atoms with Gasteiger partial charge in [-0.25, -0.2) is 4.79 Å². The number of hydrogen-bond acceptors (Lipinski definition) is 3. The second kappa shape index (κ2) is 11.5. The minimum absolute atomic E-state index is 0.0133. The van der Waals surface area contributed by atoms with Crippen molar-refractivity contribution < 1.29 is 9.59 Å². The lowest BCUT2D eigenvalue weighted by molar-refractivity contribution is -0.123. The van der Waals surface area contributed by atoms with Crippen LogP contribution in [0.4, 0.5) is 4.79 Å². The number of para-hydroxylation sites is 1. The van der Waals surface area contributed by atoms with Gasteiger partial charge in [-0.2, -0.15) is 0 Å². The van der Waals surface area contributed by atoms with Crippen LogP contribution in [0.25, 0.3) is 17.0 Å². The van der Waals surface area contributed by atoms with Gasteiger partial charge in [-0.15, -0.1) is 0 Å². The molecule has 3 aromatic rings. The Hall–Kier alpha value is -3.58. The van der Waals surface area contributed by atoms with E-state index in [-0.39, 0.29) is 17.4 Å². The van der Waals surface area contributed by atoms with Crippen LogP contribution in [0.5, 0.6) is 0 Å². The van der Waals surface area contributed by atoms with Crippen LogP contribution in [0.2, 0.25) is 0 Å². The highest BCUT2D eigenvalue weighted by molar-refractivity contribution is 5.89. The molecule has 210 valence electrons. The Balaban J connectivity index is 1.13. The molecular weight excluding hydrogens is 498 g/mol. The second-order valence-corrected chi connectivity index (χ2v) is 11.9. The topological polar surface area (TPSA) is 89.3 Å². The summed E-state index contributed by atoms with van der Waals surface area (Å²) in [5, 5.41) is 10.8. The Morgan fingerprint density at radius 2 is 1.88 bits per heavy atom. The number of allylic oxidation sites excluding steroid dienone is 1. The summed E-state index contributed by atoms with van der Waals surface area (Å²) >= 11 is 0. The zero-order chi connectivity index (χ0) is 27.5. The Morgan fingerprint density at radius 3 is 2.73 bits per heavy atom. The number of nitrogens with zero attached hydrogens (tertiary/aromatic N) is 1. The number of rotatable bonds is 7. The zero-order valence-electron chi connectivity index (χ0n) is 23.4. The highest BCUT2D eigenvalue weighted by Crippen LogP contribution is 2.43. The Bertz CT molecular complexity index is 1390.